The SMILES string of the molecule is CC(C)C(CCl)NC(=O)c1cc(F)ccc1F. The molecule has 1 atom stereocenters. The fourth-order valence-corrected chi connectivity index (χ4v) is 1.73. The van der Waals surface area contributed by atoms with Crippen molar-refractivity contribution in [2.75, 3.05) is 5.88 Å². The molecule has 0 spiro atoms. The third-order valence-corrected chi connectivity index (χ3v) is 2.79. The lowest BCUT2D eigenvalue weighted by Crippen LogP contribution is -2.40. The van der Waals surface area contributed by atoms with E-state index >= 15 is 0 Å². The summed E-state index contributed by atoms with van der Waals surface area (Å²) in [6.45, 7) is 3.77. The van der Waals surface area contributed by atoms with Crippen molar-refractivity contribution in [3.63, 3.8) is 0 Å². The lowest BCUT2D eigenvalue weighted by Gasteiger charge is -2.19. The van der Waals surface area contributed by atoms with Gasteiger partial charge in [-0.3, -0.25) is 4.79 Å². The zero-order chi connectivity index (χ0) is 13.0. The molecule has 17 heavy (non-hydrogen) atoms. The van der Waals surface area contributed by atoms with Crippen LogP contribution >= 0.6 is 11.6 Å². The van der Waals surface area contributed by atoms with Gasteiger partial charge in [0.15, 0.2) is 0 Å². The molecule has 0 aromatic heterocycles. The van der Waals surface area contributed by atoms with Crippen LogP contribution in [0.1, 0.15) is 24.2 Å². The van der Waals surface area contributed by atoms with Gasteiger partial charge >= 0.3 is 0 Å². The van der Waals surface area contributed by atoms with E-state index in [1.165, 1.54) is 0 Å². The predicted octanol–water partition coefficient (Wildman–Crippen LogP) is 2.96. The van der Waals surface area contributed by atoms with E-state index < -0.39 is 17.5 Å². The average Bonchev–Trinajstić information content (AvgIpc) is 2.28. The highest BCUT2D eigenvalue weighted by molar-refractivity contribution is 6.18. The molecule has 94 valence electrons. The van der Waals surface area contributed by atoms with E-state index in [1.807, 2.05) is 13.8 Å². The van der Waals surface area contributed by atoms with Gasteiger partial charge in [-0.05, 0) is 24.1 Å². The molecule has 0 fully saturated rings. The summed E-state index contributed by atoms with van der Waals surface area (Å²) in [7, 11) is 0. The van der Waals surface area contributed by atoms with Gasteiger partial charge in [0, 0.05) is 11.9 Å². The van der Waals surface area contributed by atoms with Crippen LogP contribution in [0.3, 0.4) is 0 Å². The van der Waals surface area contributed by atoms with Crippen molar-refractivity contribution in [3.8, 4) is 0 Å². The number of benzene rings is 1. The number of carbonyl (C=O) groups is 1. The van der Waals surface area contributed by atoms with Crippen LogP contribution in [0.15, 0.2) is 18.2 Å². The molecule has 0 bridgehead atoms. The van der Waals surface area contributed by atoms with E-state index in [4.69, 9.17) is 11.6 Å². The van der Waals surface area contributed by atoms with E-state index in [9.17, 15) is 13.6 Å². The number of carbonyl (C=O) groups excluding carboxylic acids is 1. The first kappa shape index (κ1) is 13.9. The van der Waals surface area contributed by atoms with Crippen LogP contribution in [0.25, 0.3) is 0 Å². The Kier molecular flexibility index (Phi) is 4.87. The zero-order valence-corrected chi connectivity index (χ0v) is 10.4. The normalized spacial score (nSPS) is 12.6. The molecule has 1 amide bonds. The van der Waals surface area contributed by atoms with Gasteiger partial charge in [0.1, 0.15) is 11.6 Å². The number of halogens is 3. The Morgan fingerprint density at radius 2 is 2.06 bits per heavy atom. The Balaban J connectivity index is 2.86. The van der Waals surface area contributed by atoms with Crippen molar-refractivity contribution in [1.29, 1.82) is 0 Å². The molecule has 0 radical (unpaired) electrons. The molecule has 1 rings (SSSR count). The summed E-state index contributed by atoms with van der Waals surface area (Å²) in [6.07, 6.45) is 0. The molecular formula is C12H14ClF2NO. The van der Waals surface area contributed by atoms with Gasteiger partial charge in [-0.25, -0.2) is 8.78 Å². The molecule has 1 aromatic carbocycles. The van der Waals surface area contributed by atoms with Gasteiger partial charge in [-0.2, -0.15) is 0 Å². The second-order valence-corrected chi connectivity index (χ2v) is 4.41. The highest BCUT2D eigenvalue weighted by Crippen LogP contribution is 2.11. The summed E-state index contributed by atoms with van der Waals surface area (Å²) in [5, 5.41) is 2.57. The summed E-state index contributed by atoms with van der Waals surface area (Å²) in [6, 6.07) is 2.49. The van der Waals surface area contributed by atoms with Crippen molar-refractivity contribution in [2.45, 2.75) is 19.9 Å². The van der Waals surface area contributed by atoms with E-state index in [2.05, 4.69) is 5.32 Å². The highest BCUT2D eigenvalue weighted by Gasteiger charge is 2.18. The Morgan fingerprint density at radius 1 is 1.41 bits per heavy atom. The molecule has 0 aliphatic rings. The molecule has 5 heteroatoms. The number of hydrogen-bond donors (Lipinski definition) is 1. The Hall–Kier alpha value is -1.16. The van der Waals surface area contributed by atoms with Crippen molar-refractivity contribution < 1.29 is 13.6 Å². The van der Waals surface area contributed by atoms with Gasteiger partial charge in [0.25, 0.3) is 5.91 Å². The maximum atomic E-state index is 13.3. The summed E-state index contributed by atoms with van der Waals surface area (Å²) in [4.78, 5) is 11.7. The highest BCUT2D eigenvalue weighted by atomic mass is 35.5. The minimum absolute atomic E-state index is 0.119. The molecule has 1 aromatic rings. The summed E-state index contributed by atoms with van der Waals surface area (Å²) < 4.78 is 26.2. The first-order valence-electron chi connectivity index (χ1n) is 5.27. The van der Waals surface area contributed by atoms with Crippen molar-refractivity contribution in [2.24, 2.45) is 5.92 Å². The molecule has 0 aliphatic carbocycles. The van der Waals surface area contributed by atoms with Crippen LogP contribution in [0.4, 0.5) is 8.78 Å². The smallest absolute Gasteiger partial charge is 0.254 e. The molecule has 0 aliphatic heterocycles. The van der Waals surface area contributed by atoms with Crippen LogP contribution in [-0.2, 0) is 0 Å². The number of alkyl halides is 1. The summed E-state index contributed by atoms with van der Waals surface area (Å²) >= 11 is 5.68. The first-order chi connectivity index (χ1) is 7.95. The van der Waals surface area contributed by atoms with E-state index in [0.29, 0.717) is 0 Å². The maximum absolute atomic E-state index is 13.3. The van der Waals surface area contributed by atoms with Crippen molar-refractivity contribution in [1.82, 2.24) is 5.32 Å². The second kappa shape index (κ2) is 5.96. The zero-order valence-electron chi connectivity index (χ0n) is 9.64. The fraction of sp³-hybridized carbons (Fsp3) is 0.417. The quantitative estimate of drug-likeness (QED) is 0.830. The molecule has 2 nitrogen and oxygen atoms in total. The predicted molar refractivity (Wildman–Crippen MR) is 63.2 cm³/mol. The summed E-state index contributed by atoms with van der Waals surface area (Å²) in [5.41, 5.74) is -0.305. The van der Waals surface area contributed by atoms with Gasteiger partial charge in [-0.15, -0.1) is 11.6 Å². The number of hydrogen-bond acceptors (Lipinski definition) is 1. The largest absolute Gasteiger partial charge is 0.348 e. The van der Waals surface area contributed by atoms with Crippen molar-refractivity contribution in [3.05, 3.63) is 35.4 Å². The van der Waals surface area contributed by atoms with Crippen LogP contribution in [0.2, 0.25) is 0 Å². The molecule has 0 saturated heterocycles. The second-order valence-electron chi connectivity index (χ2n) is 4.10. The van der Waals surface area contributed by atoms with Crippen LogP contribution in [-0.4, -0.2) is 17.8 Å². The fourth-order valence-electron chi connectivity index (χ4n) is 1.30. The minimum atomic E-state index is -0.749. The van der Waals surface area contributed by atoms with Gasteiger partial charge < -0.3 is 5.32 Å². The van der Waals surface area contributed by atoms with Crippen LogP contribution < -0.4 is 5.32 Å². The number of nitrogens with one attached hydrogen (secondary N) is 1. The summed E-state index contributed by atoms with van der Waals surface area (Å²) in [5.74, 6) is -1.71. The molecule has 1 unspecified atom stereocenters. The minimum Gasteiger partial charge on any atom is -0.348 e. The Labute approximate surface area is 104 Å². The molecule has 0 heterocycles. The average molecular weight is 262 g/mol. The Morgan fingerprint density at radius 3 is 2.59 bits per heavy atom. The van der Waals surface area contributed by atoms with E-state index in [-0.39, 0.29) is 23.4 Å². The number of amides is 1. The third kappa shape index (κ3) is 3.66. The lowest BCUT2D eigenvalue weighted by molar-refractivity contribution is 0.0926. The number of rotatable bonds is 4. The standard InChI is InChI=1S/C12H14ClF2NO/c1-7(2)11(6-13)16-12(17)9-5-8(14)3-4-10(9)15/h3-5,7,11H,6H2,1-2H3,(H,16,17). The topological polar surface area (TPSA) is 29.1 Å². The third-order valence-electron chi connectivity index (χ3n) is 2.46. The first-order valence-corrected chi connectivity index (χ1v) is 5.81. The molecular weight excluding hydrogens is 248 g/mol. The van der Waals surface area contributed by atoms with Gasteiger partial charge in [0.05, 0.1) is 5.56 Å². The van der Waals surface area contributed by atoms with Crippen molar-refractivity contribution >= 4 is 17.5 Å². The Bertz CT molecular complexity index is 409. The van der Waals surface area contributed by atoms with Crippen LogP contribution in [0.5, 0.6) is 0 Å². The lowest BCUT2D eigenvalue weighted by atomic mass is 10.1. The monoisotopic (exact) mass is 261 g/mol. The molecule has 0 saturated carbocycles. The van der Waals surface area contributed by atoms with E-state index in [0.717, 1.165) is 18.2 Å². The van der Waals surface area contributed by atoms with Gasteiger partial charge in [0.2, 0.25) is 0 Å². The van der Waals surface area contributed by atoms with Gasteiger partial charge in [-0.1, -0.05) is 13.8 Å². The maximum Gasteiger partial charge on any atom is 0.254 e. The molecule has 1 N–H and O–H groups in total. The van der Waals surface area contributed by atoms with Crippen LogP contribution in [0, 0.1) is 17.6 Å². The van der Waals surface area contributed by atoms with E-state index in [1.54, 1.807) is 0 Å².